The molecule has 4 nitrogen and oxygen atoms in total. The fourth-order valence-corrected chi connectivity index (χ4v) is 1.75. The van der Waals surface area contributed by atoms with Gasteiger partial charge in [-0.1, -0.05) is 25.1 Å². The summed E-state index contributed by atoms with van der Waals surface area (Å²) >= 11 is 0. The highest BCUT2D eigenvalue weighted by Crippen LogP contribution is 2.20. The van der Waals surface area contributed by atoms with Gasteiger partial charge in [0.15, 0.2) is 0 Å². The molecule has 4 heteroatoms. The molecule has 0 radical (unpaired) electrons. The largest absolute Gasteiger partial charge is 0.496 e. The minimum atomic E-state index is -0.324. The van der Waals surface area contributed by atoms with E-state index in [-0.39, 0.29) is 17.9 Å². The lowest BCUT2D eigenvalue weighted by atomic mass is 9.95. The van der Waals surface area contributed by atoms with E-state index >= 15 is 0 Å². The average molecular weight is 251 g/mol. The molecule has 2 atom stereocenters. The SMILES string of the molecule is CCOC(=O)[C@@H](C)[C@@H](N)Cc1ccccc1OC. The zero-order valence-electron chi connectivity index (χ0n) is 11.2. The van der Waals surface area contributed by atoms with Crippen LogP contribution in [0.25, 0.3) is 0 Å². The number of methoxy groups -OCH3 is 1. The Morgan fingerprint density at radius 1 is 1.39 bits per heavy atom. The summed E-state index contributed by atoms with van der Waals surface area (Å²) in [6, 6.07) is 7.40. The Morgan fingerprint density at radius 3 is 2.67 bits per heavy atom. The van der Waals surface area contributed by atoms with Gasteiger partial charge < -0.3 is 15.2 Å². The van der Waals surface area contributed by atoms with Crippen LogP contribution in [0, 0.1) is 5.92 Å². The molecule has 0 aromatic heterocycles. The molecule has 100 valence electrons. The number of hydrogen-bond donors (Lipinski definition) is 1. The Morgan fingerprint density at radius 2 is 2.06 bits per heavy atom. The van der Waals surface area contributed by atoms with Crippen molar-refractivity contribution in [3.05, 3.63) is 29.8 Å². The van der Waals surface area contributed by atoms with Crippen LogP contribution in [0.4, 0.5) is 0 Å². The van der Waals surface area contributed by atoms with Crippen molar-refractivity contribution in [2.75, 3.05) is 13.7 Å². The summed E-state index contributed by atoms with van der Waals surface area (Å²) in [5, 5.41) is 0. The number of benzene rings is 1. The lowest BCUT2D eigenvalue weighted by Crippen LogP contribution is -2.36. The van der Waals surface area contributed by atoms with Crippen LogP contribution < -0.4 is 10.5 Å². The maximum atomic E-state index is 11.6. The molecule has 0 aliphatic carbocycles. The smallest absolute Gasteiger partial charge is 0.310 e. The van der Waals surface area contributed by atoms with Crippen molar-refractivity contribution in [2.45, 2.75) is 26.3 Å². The van der Waals surface area contributed by atoms with Gasteiger partial charge in [0, 0.05) is 6.04 Å². The lowest BCUT2D eigenvalue weighted by molar-refractivity contribution is -0.148. The second kappa shape index (κ2) is 7.01. The Balaban J connectivity index is 2.69. The van der Waals surface area contributed by atoms with Crippen molar-refractivity contribution >= 4 is 5.97 Å². The molecule has 0 bridgehead atoms. The monoisotopic (exact) mass is 251 g/mol. The van der Waals surface area contributed by atoms with Gasteiger partial charge in [-0.3, -0.25) is 4.79 Å². The van der Waals surface area contributed by atoms with Crippen LogP contribution >= 0.6 is 0 Å². The molecule has 0 unspecified atom stereocenters. The Kier molecular flexibility index (Phi) is 5.65. The second-order valence-corrected chi connectivity index (χ2v) is 4.22. The molecule has 2 N–H and O–H groups in total. The van der Waals surface area contributed by atoms with Crippen LogP contribution in [0.1, 0.15) is 19.4 Å². The van der Waals surface area contributed by atoms with Crippen LogP contribution in [-0.4, -0.2) is 25.7 Å². The van der Waals surface area contributed by atoms with E-state index < -0.39 is 0 Å². The third kappa shape index (κ3) is 3.74. The van der Waals surface area contributed by atoms with Crippen molar-refractivity contribution in [3.8, 4) is 5.75 Å². The summed E-state index contributed by atoms with van der Waals surface area (Å²) in [6.45, 7) is 3.96. The van der Waals surface area contributed by atoms with Crippen molar-refractivity contribution in [2.24, 2.45) is 11.7 Å². The van der Waals surface area contributed by atoms with Gasteiger partial charge in [-0.2, -0.15) is 0 Å². The van der Waals surface area contributed by atoms with Gasteiger partial charge in [-0.05, 0) is 25.0 Å². The molecule has 0 saturated heterocycles. The highest BCUT2D eigenvalue weighted by Gasteiger charge is 2.22. The van der Waals surface area contributed by atoms with Crippen LogP contribution in [0.15, 0.2) is 24.3 Å². The molecule has 1 aromatic carbocycles. The maximum Gasteiger partial charge on any atom is 0.310 e. The molecule has 0 fully saturated rings. The Labute approximate surface area is 108 Å². The van der Waals surface area contributed by atoms with E-state index in [1.165, 1.54) is 0 Å². The number of carbonyl (C=O) groups excluding carboxylic acids is 1. The molecule has 0 saturated carbocycles. The van der Waals surface area contributed by atoms with Gasteiger partial charge in [0.2, 0.25) is 0 Å². The van der Waals surface area contributed by atoms with E-state index in [0.29, 0.717) is 13.0 Å². The minimum absolute atomic E-state index is 0.250. The summed E-state index contributed by atoms with van der Waals surface area (Å²) in [5.41, 5.74) is 7.05. The zero-order chi connectivity index (χ0) is 13.5. The topological polar surface area (TPSA) is 61.5 Å². The van der Waals surface area contributed by atoms with Crippen molar-refractivity contribution < 1.29 is 14.3 Å². The molecule has 0 heterocycles. The van der Waals surface area contributed by atoms with Crippen molar-refractivity contribution in [3.63, 3.8) is 0 Å². The van der Waals surface area contributed by atoms with Gasteiger partial charge in [0.05, 0.1) is 19.6 Å². The van der Waals surface area contributed by atoms with E-state index in [2.05, 4.69) is 0 Å². The third-order valence-electron chi connectivity index (χ3n) is 2.95. The summed E-state index contributed by atoms with van der Waals surface area (Å²) in [6.07, 6.45) is 0.587. The van der Waals surface area contributed by atoms with E-state index in [9.17, 15) is 4.79 Å². The first-order valence-corrected chi connectivity index (χ1v) is 6.14. The van der Waals surface area contributed by atoms with Crippen LogP contribution in [-0.2, 0) is 16.0 Å². The Bertz CT molecular complexity index is 392. The molecular weight excluding hydrogens is 230 g/mol. The predicted octanol–water partition coefficient (Wildman–Crippen LogP) is 1.76. The number of nitrogens with two attached hydrogens (primary N) is 1. The maximum absolute atomic E-state index is 11.6. The van der Waals surface area contributed by atoms with Crippen molar-refractivity contribution in [1.29, 1.82) is 0 Å². The standard InChI is InChI=1S/C14H21NO3/c1-4-18-14(16)10(2)12(15)9-11-7-5-6-8-13(11)17-3/h5-8,10,12H,4,9,15H2,1-3H3/t10-,12-/m0/s1. The fourth-order valence-electron chi connectivity index (χ4n) is 1.75. The number of carbonyl (C=O) groups is 1. The summed E-state index contributed by atoms with van der Waals surface area (Å²) in [4.78, 5) is 11.6. The van der Waals surface area contributed by atoms with Crippen LogP contribution in [0.2, 0.25) is 0 Å². The van der Waals surface area contributed by atoms with Gasteiger partial charge >= 0.3 is 5.97 Å². The summed E-state index contributed by atoms with van der Waals surface area (Å²) in [7, 11) is 1.62. The Hall–Kier alpha value is -1.55. The van der Waals surface area contributed by atoms with Crippen LogP contribution in [0.5, 0.6) is 5.75 Å². The quantitative estimate of drug-likeness (QED) is 0.783. The minimum Gasteiger partial charge on any atom is -0.496 e. The predicted molar refractivity (Wildman–Crippen MR) is 70.5 cm³/mol. The molecule has 1 rings (SSSR count). The molecule has 18 heavy (non-hydrogen) atoms. The van der Waals surface area contributed by atoms with Gasteiger partial charge in [-0.25, -0.2) is 0 Å². The van der Waals surface area contributed by atoms with Gasteiger partial charge in [-0.15, -0.1) is 0 Å². The summed E-state index contributed by atoms with van der Waals surface area (Å²) in [5.74, 6) is 0.221. The number of rotatable bonds is 6. The molecule has 0 aliphatic heterocycles. The first-order valence-electron chi connectivity index (χ1n) is 6.14. The van der Waals surface area contributed by atoms with Crippen LogP contribution in [0.3, 0.4) is 0 Å². The lowest BCUT2D eigenvalue weighted by Gasteiger charge is -2.19. The highest BCUT2D eigenvalue weighted by atomic mass is 16.5. The second-order valence-electron chi connectivity index (χ2n) is 4.22. The zero-order valence-corrected chi connectivity index (χ0v) is 11.2. The first-order chi connectivity index (χ1) is 8.60. The van der Waals surface area contributed by atoms with Gasteiger partial charge in [0.1, 0.15) is 5.75 Å². The fraction of sp³-hybridized carbons (Fsp3) is 0.500. The van der Waals surface area contributed by atoms with E-state index in [0.717, 1.165) is 11.3 Å². The van der Waals surface area contributed by atoms with E-state index in [4.69, 9.17) is 15.2 Å². The molecule has 0 spiro atoms. The normalized spacial score (nSPS) is 13.8. The molecule has 0 amide bonds. The summed E-state index contributed by atoms with van der Waals surface area (Å²) < 4.78 is 10.2. The number of para-hydroxylation sites is 1. The number of hydrogen-bond acceptors (Lipinski definition) is 4. The average Bonchev–Trinajstić information content (AvgIpc) is 2.38. The number of ether oxygens (including phenoxy) is 2. The van der Waals surface area contributed by atoms with Gasteiger partial charge in [0.25, 0.3) is 0 Å². The molecule has 1 aromatic rings. The first kappa shape index (κ1) is 14.5. The van der Waals surface area contributed by atoms with E-state index in [1.54, 1.807) is 21.0 Å². The molecule has 0 aliphatic rings. The third-order valence-corrected chi connectivity index (χ3v) is 2.95. The number of esters is 1. The highest BCUT2D eigenvalue weighted by molar-refractivity contribution is 5.72. The van der Waals surface area contributed by atoms with E-state index in [1.807, 2.05) is 24.3 Å². The molecular formula is C14H21NO3. The van der Waals surface area contributed by atoms with Crippen molar-refractivity contribution in [1.82, 2.24) is 0 Å².